The number of hydrogen-bond acceptors (Lipinski definition) is 6. The van der Waals surface area contributed by atoms with E-state index in [0.29, 0.717) is 17.3 Å². The molecule has 2 saturated heterocycles. The van der Waals surface area contributed by atoms with Gasteiger partial charge in [0.15, 0.2) is 0 Å². The zero-order valence-electron chi connectivity index (χ0n) is 14.8. The van der Waals surface area contributed by atoms with Gasteiger partial charge in [0.2, 0.25) is 0 Å². The molecule has 3 rings (SSSR count). The van der Waals surface area contributed by atoms with Crippen LogP contribution in [0, 0.1) is 0 Å². The van der Waals surface area contributed by atoms with Crippen molar-refractivity contribution < 1.29 is 9.53 Å². The molecule has 9 heteroatoms. The molecule has 3 N–H and O–H groups in total. The first-order chi connectivity index (χ1) is 12.1. The third kappa shape index (κ3) is 5.96. The summed E-state index contributed by atoms with van der Waals surface area (Å²) in [7, 11) is 0. The lowest BCUT2D eigenvalue weighted by Gasteiger charge is -2.31. The predicted molar refractivity (Wildman–Crippen MR) is 106 cm³/mol. The van der Waals surface area contributed by atoms with Gasteiger partial charge in [-0.25, -0.2) is 4.98 Å². The maximum absolute atomic E-state index is 12.4. The number of rotatable bonds is 5. The van der Waals surface area contributed by atoms with E-state index in [-0.39, 0.29) is 24.4 Å². The number of halogens is 2. The molecule has 2 aliphatic rings. The molecule has 0 atom stereocenters. The van der Waals surface area contributed by atoms with E-state index < -0.39 is 0 Å². The third-order valence-corrected chi connectivity index (χ3v) is 4.92. The number of ether oxygens (including phenoxy) is 1. The minimum atomic E-state index is -0.118. The van der Waals surface area contributed by atoms with Crippen molar-refractivity contribution in [3.63, 3.8) is 0 Å². The quantitative estimate of drug-likeness (QED) is 0.717. The van der Waals surface area contributed by atoms with Crippen LogP contribution >= 0.6 is 24.0 Å². The van der Waals surface area contributed by atoms with Crippen LogP contribution in [-0.2, 0) is 4.74 Å². The van der Waals surface area contributed by atoms with Gasteiger partial charge in [0.1, 0.15) is 11.0 Å². The number of nitrogens with zero attached hydrogens (tertiary/aromatic N) is 3. The van der Waals surface area contributed by atoms with Gasteiger partial charge in [0.05, 0.1) is 13.2 Å². The molecule has 0 bridgehead atoms. The van der Waals surface area contributed by atoms with Crippen LogP contribution in [0.25, 0.3) is 0 Å². The Morgan fingerprint density at radius 2 is 1.96 bits per heavy atom. The van der Waals surface area contributed by atoms with Crippen LogP contribution in [-0.4, -0.2) is 74.3 Å². The number of piperidine rings is 1. The Kier molecular flexibility index (Phi) is 8.37. The summed E-state index contributed by atoms with van der Waals surface area (Å²) in [6, 6.07) is 3.68. The van der Waals surface area contributed by atoms with E-state index in [2.05, 4.69) is 20.1 Å². The zero-order chi connectivity index (χ0) is 17.6. The highest BCUT2D eigenvalue weighted by Crippen LogP contribution is 2.21. The molecule has 0 saturated carbocycles. The number of pyridine rings is 1. The lowest BCUT2D eigenvalue weighted by Crippen LogP contribution is -2.41. The SMILES string of the molecule is Cl.NC1CCN(c2cc(C(=O)NCCN3CCOCC3)cc(Cl)n2)CC1. The van der Waals surface area contributed by atoms with Crippen molar-refractivity contribution in [2.75, 3.05) is 57.4 Å². The first-order valence-corrected chi connectivity index (χ1v) is 9.26. The molecule has 2 fully saturated rings. The maximum Gasteiger partial charge on any atom is 0.251 e. The molecule has 1 aromatic rings. The fourth-order valence-corrected chi connectivity index (χ4v) is 3.36. The monoisotopic (exact) mass is 403 g/mol. The molecule has 26 heavy (non-hydrogen) atoms. The molecule has 3 heterocycles. The topological polar surface area (TPSA) is 83.7 Å². The van der Waals surface area contributed by atoms with Crippen LogP contribution < -0.4 is 16.0 Å². The Labute approximate surface area is 165 Å². The normalized spacial score (nSPS) is 19.1. The molecular weight excluding hydrogens is 377 g/mol. The molecule has 0 aliphatic carbocycles. The standard InChI is InChI=1S/C17H26ClN5O2.ClH/c18-15-11-13(12-16(21-15)23-4-1-14(19)2-5-23)17(24)20-3-6-22-7-9-25-10-8-22;/h11-12,14H,1-10,19H2,(H,20,24);1H. The highest BCUT2D eigenvalue weighted by Gasteiger charge is 2.19. The van der Waals surface area contributed by atoms with Gasteiger partial charge in [0.25, 0.3) is 5.91 Å². The fourth-order valence-electron chi connectivity index (χ4n) is 3.16. The average molecular weight is 404 g/mol. The van der Waals surface area contributed by atoms with E-state index in [0.717, 1.165) is 64.6 Å². The zero-order valence-corrected chi connectivity index (χ0v) is 16.4. The second kappa shape index (κ2) is 10.3. The fraction of sp³-hybridized carbons (Fsp3) is 0.647. The number of hydrogen-bond donors (Lipinski definition) is 2. The Bertz CT molecular complexity index is 591. The lowest BCUT2D eigenvalue weighted by molar-refractivity contribution is 0.0383. The van der Waals surface area contributed by atoms with Crippen LogP contribution in [0.4, 0.5) is 5.82 Å². The van der Waals surface area contributed by atoms with Gasteiger partial charge >= 0.3 is 0 Å². The molecule has 1 amide bonds. The van der Waals surface area contributed by atoms with Crippen LogP contribution in [0.15, 0.2) is 12.1 Å². The van der Waals surface area contributed by atoms with Crippen molar-refractivity contribution in [3.8, 4) is 0 Å². The highest BCUT2D eigenvalue weighted by molar-refractivity contribution is 6.29. The lowest BCUT2D eigenvalue weighted by atomic mass is 10.1. The van der Waals surface area contributed by atoms with E-state index in [1.807, 2.05) is 6.07 Å². The van der Waals surface area contributed by atoms with Gasteiger partial charge in [-0.1, -0.05) is 11.6 Å². The molecule has 0 radical (unpaired) electrons. The smallest absolute Gasteiger partial charge is 0.251 e. The van der Waals surface area contributed by atoms with Gasteiger partial charge in [-0.05, 0) is 25.0 Å². The highest BCUT2D eigenvalue weighted by atomic mass is 35.5. The number of carbonyl (C=O) groups is 1. The van der Waals surface area contributed by atoms with E-state index in [1.54, 1.807) is 6.07 Å². The second-order valence-corrected chi connectivity index (χ2v) is 6.96. The van der Waals surface area contributed by atoms with E-state index in [4.69, 9.17) is 22.1 Å². The van der Waals surface area contributed by atoms with Gasteiger partial charge in [-0.15, -0.1) is 12.4 Å². The first kappa shape index (κ1) is 21.2. The van der Waals surface area contributed by atoms with Gasteiger partial charge < -0.3 is 20.7 Å². The Morgan fingerprint density at radius 3 is 2.65 bits per heavy atom. The second-order valence-electron chi connectivity index (χ2n) is 6.57. The van der Waals surface area contributed by atoms with Crippen molar-refractivity contribution in [2.24, 2.45) is 5.73 Å². The average Bonchev–Trinajstić information content (AvgIpc) is 2.62. The van der Waals surface area contributed by atoms with Crippen LogP contribution in [0.2, 0.25) is 5.15 Å². The third-order valence-electron chi connectivity index (χ3n) is 4.72. The number of anilines is 1. The number of morpholine rings is 1. The predicted octanol–water partition coefficient (Wildman–Crippen LogP) is 1.15. The van der Waals surface area contributed by atoms with Gasteiger partial charge in [0, 0.05) is 50.9 Å². The molecule has 146 valence electrons. The summed E-state index contributed by atoms with van der Waals surface area (Å²) < 4.78 is 5.32. The number of aromatic nitrogens is 1. The molecular formula is C17H27Cl2N5O2. The summed E-state index contributed by atoms with van der Waals surface area (Å²) >= 11 is 6.13. The first-order valence-electron chi connectivity index (χ1n) is 8.88. The van der Waals surface area contributed by atoms with Crippen molar-refractivity contribution in [3.05, 3.63) is 22.8 Å². The minimum absolute atomic E-state index is 0. The summed E-state index contributed by atoms with van der Waals surface area (Å²) in [5.41, 5.74) is 6.50. The molecule has 0 aromatic carbocycles. The Hall–Kier alpha value is -1.12. The summed E-state index contributed by atoms with van der Waals surface area (Å²) in [6.07, 6.45) is 1.85. The van der Waals surface area contributed by atoms with E-state index in [1.165, 1.54) is 0 Å². The van der Waals surface area contributed by atoms with Crippen molar-refractivity contribution in [1.82, 2.24) is 15.2 Å². The van der Waals surface area contributed by atoms with Gasteiger partial charge in [-0.2, -0.15) is 0 Å². The van der Waals surface area contributed by atoms with Crippen LogP contribution in [0.5, 0.6) is 0 Å². The Balaban J connectivity index is 0.00000243. The largest absolute Gasteiger partial charge is 0.379 e. The minimum Gasteiger partial charge on any atom is -0.379 e. The molecule has 7 nitrogen and oxygen atoms in total. The summed E-state index contributed by atoms with van der Waals surface area (Å²) in [4.78, 5) is 21.2. The Morgan fingerprint density at radius 1 is 1.27 bits per heavy atom. The van der Waals surface area contributed by atoms with Gasteiger partial charge in [-0.3, -0.25) is 9.69 Å². The van der Waals surface area contributed by atoms with Crippen molar-refractivity contribution in [1.29, 1.82) is 0 Å². The molecule has 2 aliphatic heterocycles. The molecule has 1 aromatic heterocycles. The summed E-state index contributed by atoms with van der Waals surface area (Å²) in [5.74, 6) is 0.630. The van der Waals surface area contributed by atoms with Crippen LogP contribution in [0.3, 0.4) is 0 Å². The van der Waals surface area contributed by atoms with Crippen LogP contribution in [0.1, 0.15) is 23.2 Å². The summed E-state index contributed by atoms with van der Waals surface area (Å²) in [5, 5.41) is 3.30. The van der Waals surface area contributed by atoms with E-state index >= 15 is 0 Å². The number of nitrogens with one attached hydrogen (secondary N) is 1. The molecule has 0 unspecified atom stereocenters. The summed E-state index contributed by atoms with van der Waals surface area (Å²) in [6.45, 7) is 6.46. The number of amides is 1. The van der Waals surface area contributed by atoms with Crippen molar-refractivity contribution >= 4 is 35.7 Å². The van der Waals surface area contributed by atoms with E-state index in [9.17, 15) is 4.79 Å². The number of nitrogens with two attached hydrogens (primary N) is 1. The number of carbonyl (C=O) groups excluding carboxylic acids is 1. The van der Waals surface area contributed by atoms with Crippen molar-refractivity contribution in [2.45, 2.75) is 18.9 Å². The molecule has 0 spiro atoms. The maximum atomic E-state index is 12.4.